The monoisotopic (exact) mass is 294 g/mol. The molecule has 0 aliphatic heterocycles. The summed E-state index contributed by atoms with van der Waals surface area (Å²) in [6.07, 6.45) is 0.622. The van der Waals surface area contributed by atoms with Crippen molar-refractivity contribution in [2.45, 2.75) is 22.9 Å². The molecule has 1 aromatic carbocycles. The van der Waals surface area contributed by atoms with Gasteiger partial charge in [0, 0.05) is 0 Å². The minimum atomic E-state index is -0.291. The van der Waals surface area contributed by atoms with Gasteiger partial charge in [-0.25, -0.2) is 0 Å². The van der Waals surface area contributed by atoms with Gasteiger partial charge in [-0.1, -0.05) is 52.9 Å². The van der Waals surface area contributed by atoms with Gasteiger partial charge in [-0.15, -0.1) is 10.2 Å². The zero-order chi connectivity index (χ0) is 13.7. The van der Waals surface area contributed by atoms with Gasteiger partial charge < -0.3 is 4.74 Å². The fourth-order valence-electron chi connectivity index (χ4n) is 1.58. The van der Waals surface area contributed by atoms with Crippen molar-refractivity contribution in [3.8, 4) is 0 Å². The van der Waals surface area contributed by atoms with Crippen molar-refractivity contribution >= 4 is 29.1 Å². The number of ether oxygens (including phenoxy) is 1. The van der Waals surface area contributed by atoms with Gasteiger partial charge in [0.05, 0.1) is 7.11 Å². The van der Waals surface area contributed by atoms with Crippen LogP contribution in [0.1, 0.15) is 11.1 Å². The average Bonchev–Trinajstić information content (AvgIpc) is 2.92. The summed E-state index contributed by atoms with van der Waals surface area (Å²) in [5, 5.41) is 7.44. The van der Waals surface area contributed by atoms with E-state index < -0.39 is 0 Å². The fourth-order valence-corrected chi connectivity index (χ4v) is 3.36. The highest BCUT2D eigenvalue weighted by molar-refractivity contribution is 8.02. The van der Waals surface area contributed by atoms with E-state index in [1.54, 1.807) is 5.51 Å². The molecule has 2 rings (SSSR count). The Morgan fingerprint density at radius 3 is 2.74 bits per heavy atom. The molecule has 19 heavy (non-hydrogen) atoms. The van der Waals surface area contributed by atoms with E-state index in [0.717, 1.165) is 9.90 Å². The average molecular weight is 294 g/mol. The van der Waals surface area contributed by atoms with Crippen molar-refractivity contribution in [1.82, 2.24) is 10.2 Å². The van der Waals surface area contributed by atoms with E-state index in [1.165, 1.54) is 35.8 Å². The number of nitrogens with zero attached hydrogens (tertiary/aromatic N) is 2. The maximum atomic E-state index is 11.8. The van der Waals surface area contributed by atoms with Crippen LogP contribution in [0.25, 0.3) is 0 Å². The van der Waals surface area contributed by atoms with Crippen LogP contribution in [0.15, 0.2) is 34.1 Å². The Labute approximate surface area is 120 Å². The molecule has 0 unspecified atom stereocenters. The minimum absolute atomic E-state index is 0.235. The van der Waals surface area contributed by atoms with Gasteiger partial charge >= 0.3 is 5.97 Å². The number of aryl methyl sites for hydroxylation is 1. The van der Waals surface area contributed by atoms with Gasteiger partial charge in [-0.3, -0.25) is 4.79 Å². The number of hydrogen-bond donors (Lipinski definition) is 0. The van der Waals surface area contributed by atoms with Crippen molar-refractivity contribution in [2.75, 3.05) is 7.11 Å². The van der Waals surface area contributed by atoms with Crippen LogP contribution in [0.5, 0.6) is 0 Å². The van der Waals surface area contributed by atoms with Crippen molar-refractivity contribution in [2.24, 2.45) is 0 Å². The van der Waals surface area contributed by atoms with Crippen LogP contribution in [-0.4, -0.2) is 28.5 Å². The van der Waals surface area contributed by atoms with Crippen LogP contribution in [-0.2, 0) is 16.0 Å². The summed E-state index contributed by atoms with van der Waals surface area (Å²) in [5.41, 5.74) is 3.97. The molecule has 0 saturated heterocycles. The van der Waals surface area contributed by atoms with E-state index in [1.807, 2.05) is 31.2 Å². The number of carbonyl (C=O) groups is 1. The van der Waals surface area contributed by atoms with Crippen LogP contribution in [0.4, 0.5) is 0 Å². The smallest absolute Gasteiger partial charge is 0.319 e. The van der Waals surface area contributed by atoms with Gasteiger partial charge in [0.2, 0.25) is 0 Å². The van der Waals surface area contributed by atoms with Gasteiger partial charge in [0.25, 0.3) is 0 Å². The second kappa shape index (κ2) is 6.68. The summed E-state index contributed by atoms with van der Waals surface area (Å²) in [6, 6.07) is 8.15. The highest BCUT2D eigenvalue weighted by atomic mass is 32.2. The Balaban J connectivity index is 2.09. The summed E-state index contributed by atoms with van der Waals surface area (Å²) in [6.45, 7) is 2.04. The van der Waals surface area contributed by atoms with Gasteiger partial charge in [0.15, 0.2) is 4.34 Å². The first-order valence-electron chi connectivity index (χ1n) is 5.75. The van der Waals surface area contributed by atoms with E-state index in [2.05, 4.69) is 10.2 Å². The quantitative estimate of drug-likeness (QED) is 0.627. The highest BCUT2D eigenvalue weighted by Crippen LogP contribution is 2.27. The van der Waals surface area contributed by atoms with E-state index in [4.69, 9.17) is 4.74 Å². The molecule has 0 amide bonds. The minimum Gasteiger partial charge on any atom is -0.468 e. The van der Waals surface area contributed by atoms with Crippen LogP contribution in [0.2, 0.25) is 0 Å². The first-order chi connectivity index (χ1) is 9.19. The largest absolute Gasteiger partial charge is 0.468 e. The van der Waals surface area contributed by atoms with E-state index >= 15 is 0 Å². The summed E-state index contributed by atoms with van der Waals surface area (Å²) >= 11 is 2.82. The molecule has 0 fully saturated rings. The fraction of sp³-hybridized carbons (Fsp3) is 0.308. The molecule has 0 aliphatic rings. The number of carbonyl (C=O) groups excluding carboxylic acids is 1. The molecular weight excluding hydrogens is 280 g/mol. The first kappa shape index (κ1) is 14.0. The molecule has 0 bridgehead atoms. The third-order valence-corrected chi connectivity index (χ3v) is 4.58. The van der Waals surface area contributed by atoms with Crippen LogP contribution in [0.3, 0.4) is 0 Å². The Hall–Kier alpha value is -1.40. The van der Waals surface area contributed by atoms with Crippen molar-refractivity contribution in [3.63, 3.8) is 0 Å². The SMILES string of the molecule is COC(=O)[C@@H](Cc1ccc(C)cc1)Sc1nncs1. The lowest BCUT2D eigenvalue weighted by molar-refractivity contribution is -0.139. The highest BCUT2D eigenvalue weighted by Gasteiger charge is 2.22. The van der Waals surface area contributed by atoms with Crippen molar-refractivity contribution in [1.29, 1.82) is 0 Å². The topological polar surface area (TPSA) is 52.1 Å². The molecule has 1 atom stereocenters. The molecular formula is C13H14N2O2S2. The van der Waals surface area contributed by atoms with Crippen molar-refractivity contribution in [3.05, 3.63) is 40.9 Å². The Morgan fingerprint density at radius 2 is 2.16 bits per heavy atom. The number of hydrogen-bond acceptors (Lipinski definition) is 6. The third-order valence-electron chi connectivity index (χ3n) is 2.59. The molecule has 2 aromatic rings. The molecule has 1 aromatic heterocycles. The Morgan fingerprint density at radius 1 is 1.42 bits per heavy atom. The lowest BCUT2D eigenvalue weighted by atomic mass is 10.1. The third kappa shape index (κ3) is 4.04. The lowest BCUT2D eigenvalue weighted by Gasteiger charge is -2.12. The first-order valence-corrected chi connectivity index (χ1v) is 7.51. The molecule has 100 valence electrons. The van der Waals surface area contributed by atoms with E-state index in [9.17, 15) is 4.79 Å². The van der Waals surface area contributed by atoms with Gasteiger partial charge in [-0.2, -0.15) is 0 Å². The van der Waals surface area contributed by atoms with E-state index in [-0.39, 0.29) is 11.2 Å². The lowest BCUT2D eigenvalue weighted by Crippen LogP contribution is -2.21. The standard InChI is InChI=1S/C13H14N2O2S2/c1-9-3-5-10(6-4-9)7-11(12(16)17-2)19-13-15-14-8-18-13/h3-6,8,11H,7H2,1-2H3/t11-/m1/s1. The van der Waals surface area contributed by atoms with Crippen LogP contribution >= 0.6 is 23.1 Å². The predicted octanol–water partition coefficient (Wildman–Crippen LogP) is 2.72. The molecule has 0 saturated carbocycles. The zero-order valence-electron chi connectivity index (χ0n) is 10.7. The number of aromatic nitrogens is 2. The summed E-state index contributed by atoms with van der Waals surface area (Å²) in [4.78, 5) is 11.8. The number of rotatable bonds is 5. The second-order valence-electron chi connectivity index (χ2n) is 4.02. The number of thioether (sulfide) groups is 1. The number of benzene rings is 1. The molecule has 1 heterocycles. The maximum absolute atomic E-state index is 11.8. The number of methoxy groups -OCH3 is 1. The zero-order valence-corrected chi connectivity index (χ0v) is 12.3. The Bertz CT molecular complexity index is 526. The summed E-state index contributed by atoms with van der Waals surface area (Å²) < 4.78 is 5.63. The molecule has 0 N–H and O–H groups in total. The molecule has 0 spiro atoms. The maximum Gasteiger partial charge on any atom is 0.319 e. The van der Waals surface area contributed by atoms with Crippen LogP contribution in [0, 0.1) is 6.92 Å². The van der Waals surface area contributed by atoms with Crippen molar-refractivity contribution < 1.29 is 9.53 Å². The second-order valence-corrected chi connectivity index (χ2v) is 6.31. The molecule has 0 radical (unpaired) electrons. The normalized spacial score (nSPS) is 12.1. The van der Waals surface area contributed by atoms with Gasteiger partial charge in [-0.05, 0) is 18.9 Å². The van der Waals surface area contributed by atoms with Crippen LogP contribution < -0.4 is 0 Å². The van der Waals surface area contributed by atoms with Gasteiger partial charge in [0.1, 0.15) is 10.8 Å². The summed E-state index contributed by atoms with van der Waals surface area (Å²) in [5.74, 6) is -0.235. The van der Waals surface area contributed by atoms with E-state index in [0.29, 0.717) is 6.42 Å². The number of esters is 1. The molecule has 4 nitrogen and oxygen atoms in total. The molecule has 6 heteroatoms. The predicted molar refractivity (Wildman–Crippen MR) is 76.5 cm³/mol. The Kier molecular flexibility index (Phi) is 4.93. The molecule has 0 aliphatic carbocycles. The summed E-state index contributed by atoms with van der Waals surface area (Å²) in [7, 11) is 1.41.